The molecule has 94 valence electrons. The fourth-order valence-electron chi connectivity index (χ4n) is 1.41. The summed E-state index contributed by atoms with van der Waals surface area (Å²) in [6.07, 6.45) is 3.33. The molecular formula is C12H16BrClN2O. The first-order chi connectivity index (χ1) is 8.13. The lowest BCUT2D eigenvalue weighted by atomic mass is 10.2. The molecule has 0 aliphatic heterocycles. The van der Waals surface area contributed by atoms with Crippen LogP contribution in [0.25, 0.3) is 0 Å². The van der Waals surface area contributed by atoms with E-state index in [0.717, 1.165) is 23.7 Å². The molecule has 0 radical (unpaired) electrons. The summed E-state index contributed by atoms with van der Waals surface area (Å²) >= 11 is 9.22. The largest absolute Gasteiger partial charge is 0.330 e. The minimum Gasteiger partial charge on any atom is -0.330 e. The van der Waals surface area contributed by atoms with Crippen LogP contribution in [0.5, 0.6) is 0 Å². The van der Waals surface area contributed by atoms with Crippen LogP contribution in [0.2, 0.25) is 5.02 Å². The van der Waals surface area contributed by atoms with Gasteiger partial charge in [-0.05, 0) is 53.5 Å². The van der Waals surface area contributed by atoms with Crippen molar-refractivity contribution >= 4 is 39.1 Å². The fraction of sp³-hybridized carbons (Fsp3) is 0.417. The number of nitrogens with one attached hydrogen (secondary N) is 1. The molecular weight excluding hydrogens is 304 g/mol. The lowest BCUT2D eigenvalue weighted by Gasteiger charge is -2.07. The highest BCUT2D eigenvalue weighted by Gasteiger charge is 2.05. The molecule has 0 spiro atoms. The number of halogens is 2. The molecule has 0 unspecified atom stereocenters. The van der Waals surface area contributed by atoms with Crippen LogP contribution >= 0.6 is 27.5 Å². The van der Waals surface area contributed by atoms with Crippen LogP contribution in [-0.2, 0) is 4.79 Å². The molecule has 3 nitrogen and oxygen atoms in total. The van der Waals surface area contributed by atoms with Crippen LogP contribution in [0.15, 0.2) is 22.7 Å². The topological polar surface area (TPSA) is 55.1 Å². The Bertz CT molecular complexity index is 385. The molecule has 1 amide bonds. The van der Waals surface area contributed by atoms with Gasteiger partial charge in [-0.15, -0.1) is 0 Å². The SMILES string of the molecule is NCCCCCC(=O)Nc1cc(Cl)ccc1Br. The van der Waals surface area contributed by atoms with Crippen LogP contribution < -0.4 is 11.1 Å². The van der Waals surface area contributed by atoms with E-state index in [0.29, 0.717) is 23.7 Å². The number of amides is 1. The minimum absolute atomic E-state index is 0.00462. The molecule has 0 saturated carbocycles. The molecule has 0 fully saturated rings. The maximum atomic E-state index is 11.6. The van der Waals surface area contributed by atoms with E-state index in [1.807, 2.05) is 6.07 Å². The molecule has 1 aromatic carbocycles. The molecule has 0 aliphatic rings. The highest BCUT2D eigenvalue weighted by molar-refractivity contribution is 9.10. The molecule has 3 N–H and O–H groups in total. The molecule has 0 aliphatic carbocycles. The Morgan fingerprint density at radius 2 is 2.12 bits per heavy atom. The van der Waals surface area contributed by atoms with E-state index in [9.17, 15) is 4.79 Å². The van der Waals surface area contributed by atoms with Gasteiger partial charge in [-0.3, -0.25) is 4.79 Å². The average molecular weight is 320 g/mol. The second-order valence-electron chi connectivity index (χ2n) is 3.77. The van der Waals surface area contributed by atoms with E-state index >= 15 is 0 Å². The van der Waals surface area contributed by atoms with Crippen molar-refractivity contribution in [3.63, 3.8) is 0 Å². The number of rotatable bonds is 6. The van der Waals surface area contributed by atoms with Crippen molar-refractivity contribution in [2.45, 2.75) is 25.7 Å². The Labute approximate surface area is 115 Å². The fourth-order valence-corrected chi connectivity index (χ4v) is 1.93. The molecule has 0 atom stereocenters. The van der Waals surface area contributed by atoms with Gasteiger partial charge in [0.05, 0.1) is 5.69 Å². The van der Waals surface area contributed by atoms with Gasteiger partial charge in [0.15, 0.2) is 0 Å². The van der Waals surface area contributed by atoms with Crippen molar-refractivity contribution in [1.29, 1.82) is 0 Å². The van der Waals surface area contributed by atoms with Gasteiger partial charge in [-0.25, -0.2) is 0 Å². The van der Waals surface area contributed by atoms with Crippen molar-refractivity contribution < 1.29 is 4.79 Å². The predicted octanol–water partition coefficient (Wildman–Crippen LogP) is 3.56. The first kappa shape index (κ1) is 14.5. The highest BCUT2D eigenvalue weighted by Crippen LogP contribution is 2.26. The summed E-state index contributed by atoms with van der Waals surface area (Å²) in [4.78, 5) is 11.6. The quantitative estimate of drug-likeness (QED) is 0.788. The second kappa shape index (κ2) is 7.69. The number of benzene rings is 1. The maximum absolute atomic E-state index is 11.6. The zero-order chi connectivity index (χ0) is 12.7. The summed E-state index contributed by atoms with van der Waals surface area (Å²) in [5, 5.41) is 3.43. The monoisotopic (exact) mass is 318 g/mol. The number of hydrogen-bond acceptors (Lipinski definition) is 2. The zero-order valence-electron chi connectivity index (χ0n) is 9.51. The van der Waals surface area contributed by atoms with Gasteiger partial charge in [0.2, 0.25) is 5.91 Å². The summed E-state index contributed by atoms with van der Waals surface area (Å²) in [7, 11) is 0. The van der Waals surface area contributed by atoms with E-state index in [4.69, 9.17) is 17.3 Å². The summed E-state index contributed by atoms with van der Waals surface area (Å²) in [5.41, 5.74) is 6.09. The van der Waals surface area contributed by atoms with E-state index < -0.39 is 0 Å². The zero-order valence-corrected chi connectivity index (χ0v) is 11.9. The van der Waals surface area contributed by atoms with Gasteiger partial charge < -0.3 is 11.1 Å². The Kier molecular flexibility index (Phi) is 6.55. The van der Waals surface area contributed by atoms with E-state index in [2.05, 4.69) is 21.2 Å². The Morgan fingerprint density at radius 1 is 1.35 bits per heavy atom. The third-order valence-electron chi connectivity index (χ3n) is 2.31. The summed E-state index contributed by atoms with van der Waals surface area (Å²) in [6.45, 7) is 0.682. The summed E-state index contributed by atoms with van der Waals surface area (Å²) < 4.78 is 0.831. The molecule has 1 rings (SSSR count). The van der Waals surface area contributed by atoms with Gasteiger partial charge in [-0.1, -0.05) is 18.0 Å². The molecule has 17 heavy (non-hydrogen) atoms. The highest BCUT2D eigenvalue weighted by atomic mass is 79.9. The molecule has 0 aromatic heterocycles. The van der Waals surface area contributed by atoms with Crippen molar-refractivity contribution in [2.24, 2.45) is 5.73 Å². The van der Waals surface area contributed by atoms with E-state index in [1.54, 1.807) is 12.1 Å². The van der Waals surface area contributed by atoms with Gasteiger partial charge in [0.1, 0.15) is 0 Å². The lowest BCUT2D eigenvalue weighted by Crippen LogP contribution is -2.11. The minimum atomic E-state index is 0.00462. The number of carbonyl (C=O) groups excluding carboxylic acids is 1. The van der Waals surface area contributed by atoms with Gasteiger partial charge in [-0.2, -0.15) is 0 Å². The van der Waals surface area contributed by atoms with Gasteiger partial charge in [0, 0.05) is 15.9 Å². The molecule has 1 aromatic rings. The number of unbranched alkanes of at least 4 members (excludes halogenated alkanes) is 2. The first-order valence-corrected chi connectivity index (χ1v) is 6.75. The molecule has 0 heterocycles. The van der Waals surface area contributed by atoms with Crippen LogP contribution in [0.4, 0.5) is 5.69 Å². The Balaban J connectivity index is 2.42. The summed E-state index contributed by atoms with van der Waals surface area (Å²) in [6, 6.07) is 5.30. The number of hydrogen-bond donors (Lipinski definition) is 2. The standard InChI is InChI=1S/C12H16BrClN2O/c13-10-6-5-9(14)8-11(10)16-12(17)4-2-1-3-7-15/h5-6,8H,1-4,7,15H2,(H,16,17). The number of nitrogens with two attached hydrogens (primary N) is 1. The number of anilines is 1. The van der Waals surface area contributed by atoms with Crippen molar-refractivity contribution in [3.8, 4) is 0 Å². The van der Waals surface area contributed by atoms with E-state index in [1.165, 1.54) is 0 Å². The second-order valence-corrected chi connectivity index (χ2v) is 5.06. The maximum Gasteiger partial charge on any atom is 0.224 e. The van der Waals surface area contributed by atoms with Crippen LogP contribution in [0.3, 0.4) is 0 Å². The molecule has 0 bridgehead atoms. The Hall–Kier alpha value is -0.580. The Morgan fingerprint density at radius 3 is 2.82 bits per heavy atom. The van der Waals surface area contributed by atoms with Crippen LogP contribution in [-0.4, -0.2) is 12.5 Å². The van der Waals surface area contributed by atoms with Crippen molar-refractivity contribution in [2.75, 3.05) is 11.9 Å². The lowest BCUT2D eigenvalue weighted by molar-refractivity contribution is -0.116. The van der Waals surface area contributed by atoms with Crippen LogP contribution in [0, 0.1) is 0 Å². The molecule has 0 saturated heterocycles. The smallest absolute Gasteiger partial charge is 0.224 e. The van der Waals surface area contributed by atoms with E-state index in [-0.39, 0.29) is 5.91 Å². The number of carbonyl (C=O) groups is 1. The normalized spacial score (nSPS) is 10.3. The predicted molar refractivity (Wildman–Crippen MR) is 75.3 cm³/mol. The van der Waals surface area contributed by atoms with Gasteiger partial charge in [0.25, 0.3) is 0 Å². The van der Waals surface area contributed by atoms with Crippen LogP contribution in [0.1, 0.15) is 25.7 Å². The molecule has 5 heteroatoms. The van der Waals surface area contributed by atoms with Gasteiger partial charge >= 0.3 is 0 Å². The third kappa shape index (κ3) is 5.52. The van der Waals surface area contributed by atoms with Crippen molar-refractivity contribution in [1.82, 2.24) is 0 Å². The third-order valence-corrected chi connectivity index (χ3v) is 3.24. The van der Waals surface area contributed by atoms with Crippen molar-refractivity contribution in [3.05, 3.63) is 27.7 Å². The first-order valence-electron chi connectivity index (χ1n) is 5.58. The summed E-state index contributed by atoms with van der Waals surface area (Å²) in [5.74, 6) is 0.00462. The average Bonchev–Trinajstić information content (AvgIpc) is 2.29.